The van der Waals surface area contributed by atoms with E-state index in [-0.39, 0.29) is 17.4 Å². The largest absolute Gasteiger partial charge is 0.490 e. The number of hydrogen-bond acceptors (Lipinski definition) is 6. The summed E-state index contributed by atoms with van der Waals surface area (Å²) < 4.78 is 18.0. The van der Waals surface area contributed by atoms with Crippen molar-refractivity contribution in [3.8, 4) is 17.2 Å². The van der Waals surface area contributed by atoms with E-state index in [1.807, 2.05) is 32.9 Å². The summed E-state index contributed by atoms with van der Waals surface area (Å²) in [4.78, 5) is 39.5. The molecule has 202 valence electrons. The lowest BCUT2D eigenvalue weighted by atomic mass is 10.1. The highest BCUT2D eigenvalue weighted by atomic mass is 79.9. The molecule has 1 fully saturated rings. The van der Waals surface area contributed by atoms with Crippen LogP contribution in [0.2, 0.25) is 5.02 Å². The summed E-state index contributed by atoms with van der Waals surface area (Å²) in [5, 5.41) is 2.87. The Kier molecular flexibility index (Phi) is 8.93. The third-order valence-corrected chi connectivity index (χ3v) is 6.35. The molecule has 3 aromatic carbocycles. The van der Waals surface area contributed by atoms with Crippen molar-refractivity contribution in [1.29, 1.82) is 0 Å². The fraction of sp³-hybridized carbons (Fsp3) is 0.207. The molecule has 0 saturated carbocycles. The van der Waals surface area contributed by atoms with Crippen molar-refractivity contribution in [1.82, 2.24) is 5.32 Å². The highest BCUT2D eigenvalue weighted by Gasteiger charge is 2.37. The number of barbiturate groups is 1. The molecular weight excluding hydrogens is 588 g/mol. The summed E-state index contributed by atoms with van der Waals surface area (Å²) in [6.07, 6.45) is 1.32. The molecule has 0 atom stereocenters. The van der Waals surface area contributed by atoms with Gasteiger partial charge < -0.3 is 14.2 Å². The zero-order valence-corrected chi connectivity index (χ0v) is 23.8. The number of rotatable bonds is 9. The molecule has 4 rings (SSSR count). The van der Waals surface area contributed by atoms with Crippen molar-refractivity contribution < 1.29 is 28.6 Å². The molecule has 1 saturated heterocycles. The van der Waals surface area contributed by atoms with Crippen LogP contribution in [0.15, 0.2) is 70.7 Å². The number of benzene rings is 3. The summed E-state index contributed by atoms with van der Waals surface area (Å²) >= 11 is 9.40. The van der Waals surface area contributed by atoms with Gasteiger partial charge in [0.2, 0.25) is 0 Å². The number of imide groups is 2. The van der Waals surface area contributed by atoms with Crippen molar-refractivity contribution in [3.63, 3.8) is 0 Å². The number of nitrogens with zero attached hydrogens (tertiary/aromatic N) is 1. The molecule has 0 bridgehead atoms. The highest BCUT2D eigenvalue weighted by molar-refractivity contribution is 9.10. The van der Waals surface area contributed by atoms with Crippen LogP contribution in [0.1, 0.15) is 31.9 Å². The molecule has 1 aliphatic heterocycles. The molecule has 39 heavy (non-hydrogen) atoms. The second kappa shape index (κ2) is 12.4. The molecule has 0 radical (unpaired) electrons. The van der Waals surface area contributed by atoms with Gasteiger partial charge in [-0.25, -0.2) is 9.69 Å². The zero-order valence-electron chi connectivity index (χ0n) is 21.5. The number of ether oxygens (including phenoxy) is 3. The van der Waals surface area contributed by atoms with E-state index in [2.05, 4.69) is 21.2 Å². The SMILES string of the molecule is CCOc1cc(/C=C2\C(=O)NC(=O)N(c3ccc(OCc4ccc(Cl)cc4)cc3)C2=O)cc(Br)c1OC(C)C. The van der Waals surface area contributed by atoms with Crippen molar-refractivity contribution >= 4 is 57.1 Å². The number of hydrogen-bond donors (Lipinski definition) is 1. The smallest absolute Gasteiger partial charge is 0.335 e. The highest BCUT2D eigenvalue weighted by Crippen LogP contribution is 2.38. The number of amides is 4. The average molecular weight is 614 g/mol. The second-order valence-corrected chi connectivity index (χ2v) is 10.1. The van der Waals surface area contributed by atoms with Gasteiger partial charge in [0.05, 0.1) is 22.9 Å². The molecule has 10 heteroatoms. The normalized spacial score (nSPS) is 14.6. The zero-order chi connectivity index (χ0) is 28.1. The number of carbonyl (C=O) groups is 3. The van der Waals surface area contributed by atoms with E-state index in [1.54, 1.807) is 48.5 Å². The minimum absolute atomic E-state index is 0.0933. The number of halogens is 2. The maximum atomic E-state index is 13.3. The first-order chi connectivity index (χ1) is 18.7. The molecule has 1 aliphatic rings. The summed E-state index contributed by atoms with van der Waals surface area (Å²) in [5.41, 5.74) is 1.53. The van der Waals surface area contributed by atoms with Gasteiger partial charge in [-0.1, -0.05) is 23.7 Å². The molecule has 1 N–H and O–H groups in total. The maximum Gasteiger partial charge on any atom is 0.335 e. The predicted molar refractivity (Wildman–Crippen MR) is 152 cm³/mol. The lowest BCUT2D eigenvalue weighted by Gasteiger charge is -2.26. The third-order valence-electron chi connectivity index (χ3n) is 5.51. The number of carbonyl (C=O) groups excluding carboxylic acids is 3. The van der Waals surface area contributed by atoms with Gasteiger partial charge in [-0.15, -0.1) is 0 Å². The standard InChI is InChI=1S/C29H26BrClN2O6/c1-4-37-25-15-19(14-24(30)26(25)39-17(2)3)13-23-27(34)32-29(36)33(28(23)35)21-9-11-22(12-10-21)38-16-18-5-7-20(31)8-6-18/h5-15,17H,4,16H2,1-3H3,(H,32,34,36)/b23-13+. The summed E-state index contributed by atoms with van der Waals surface area (Å²) in [6, 6.07) is 16.3. The predicted octanol–water partition coefficient (Wildman–Crippen LogP) is 6.53. The van der Waals surface area contributed by atoms with Gasteiger partial charge in [-0.05, 0) is 102 Å². The Balaban J connectivity index is 1.57. The van der Waals surface area contributed by atoms with Crippen LogP contribution in [0.3, 0.4) is 0 Å². The monoisotopic (exact) mass is 612 g/mol. The van der Waals surface area contributed by atoms with E-state index < -0.39 is 17.8 Å². The summed E-state index contributed by atoms with van der Waals surface area (Å²) in [7, 11) is 0. The van der Waals surface area contributed by atoms with Crippen molar-refractivity contribution in [3.05, 3.63) is 86.9 Å². The Labute approximate surface area is 239 Å². The fourth-order valence-electron chi connectivity index (χ4n) is 3.78. The maximum absolute atomic E-state index is 13.3. The van der Waals surface area contributed by atoms with Gasteiger partial charge in [0, 0.05) is 5.02 Å². The first kappa shape index (κ1) is 28.2. The van der Waals surface area contributed by atoms with Gasteiger partial charge in [-0.3, -0.25) is 14.9 Å². The van der Waals surface area contributed by atoms with E-state index in [0.717, 1.165) is 10.5 Å². The molecule has 3 aromatic rings. The van der Waals surface area contributed by atoms with Crippen molar-refractivity contribution in [2.75, 3.05) is 11.5 Å². The fourth-order valence-corrected chi connectivity index (χ4v) is 4.46. The van der Waals surface area contributed by atoms with Crippen LogP contribution in [-0.4, -0.2) is 30.6 Å². The van der Waals surface area contributed by atoms with Crippen molar-refractivity contribution in [2.45, 2.75) is 33.5 Å². The first-order valence-corrected chi connectivity index (χ1v) is 13.3. The van der Waals surface area contributed by atoms with E-state index in [9.17, 15) is 14.4 Å². The number of nitrogens with one attached hydrogen (secondary N) is 1. The Hall–Kier alpha value is -3.82. The molecule has 0 unspecified atom stereocenters. The van der Waals surface area contributed by atoms with Gasteiger partial charge >= 0.3 is 6.03 Å². The molecule has 4 amide bonds. The van der Waals surface area contributed by atoms with Gasteiger partial charge in [0.15, 0.2) is 11.5 Å². The lowest BCUT2D eigenvalue weighted by molar-refractivity contribution is -0.122. The Morgan fingerprint density at radius 1 is 1.00 bits per heavy atom. The minimum atomic E-state index is -0.839. The summed E-state index contributed by atoms with van der Waals surface area (Å²) in [6.45, 7) is 6.34. The van der Waals surface area contributed by atoms with Gasteiger partial charge in [-0.2, -0.15) is 0 Å². The van der Waals surface area contributed by atoms with Crippen LogP contribution in [0.25, 0.3) is 6.08 Å². The third kappa shape index (κ3) is 6.79. The van der Waals surface area contributed by atoms with E-state index in [1.165, 1.54) is 6.08 Å². The van der Waals surface area contributed by atoms with Crippen LogP contribution in [0.4, 0.5) is 10.5 Å². The first-order valence-electron chi connectivity index (χ1n) is 12.2. The average Bonchev–Trinajstić information content (AvgIpc) is 2.89. The summed E-state index contributed by atoms with van der Waals surface area (Å²) in [5.74, 6) is -0.0276. The quantitative estimate of drug-likeness (QED) is 0.218. The molecule has 0 aromatic heterocycles. The van der Waals surface area contributed by atoms with E-state index in [4.69, 9.17) is 25.8 Å². The van der Waals surface area contributed by atoms with Crippen molar-refractivity contribution in [2.24, 2.45) is 0 Å². The lowest BCUT2D eigenvalue weighted by Crippen LogP contribution is -2.54. The van der Waals surface area contributed by atoms with E-state index in [0.29, 0.717) is 45.5 Å². The number of urea groups is 1. The Bertz CT molecular complexity index is 1420. The van der Waals surface area contributed by atoms with Crippen LogP contribution >= 0.6 is 27.5 Å². The topological polar surface area (TPSA) is 94.2 Å². The van der Waals surface area contributed by atoms with Crippen LogP contribution in [0, 0.1) is 0 Å². The Morgan fingerprint density at radius 3 is 2.33 bits per heavy atom. The molecule has 8 nitrogen and oxygen atoms in total. The number of anilines is 1. The van der Waals surface area contributed by atoms with E-state index >= 15 is 0 Å². The van der Waals surface area contributed by atoms with Crippen LogP contribution in [0.5, 0.6) is 17.2 Å². The molecular formula is C29H26BrClN2O6. The second-order valence-electron chi connectivity index (χ2n) is 8.80. The molecule has 0 aliphatic carbocycles. The van der Waals surface area contributed by atoms with Crippen LogP contribution in [-0.2, 0) is 16.2 Å². The van der Waals surface area contributed by atoms with Gasteiger partial charge in [0.1, 0.15) is 17.9 Å². The minimum Gasteiger partial charge on any atom is -0.490 e. The van der Waals surface area contributed by atoms with Crippen LogP contribution < -0.4 is 24.4 Å². The van der Waals surface area contributed by atoms with Gasteiger partial charge in [0.25, 0.3) is 11.8 Å². The molecule has 1 heterocycles. The Morgan fingerprint density at radius 2 is 1.69 bits per heavy atom. The molecule has 0 spiro atoms.